The summed E-state index contributed by atoms with van der Waals surface area (Å²) in [5.41, 5.74) is 18.1. The van der Waals surface area contributed by atoms with Crippen molar-refractivity contribution in [2.45, 2.75) is 121 Å². The maximum atomic E-state index is 2.81. The Kier molecular flexibility index (Phi) is 13.6. The van der Waals surface area contributed by atoms with Crippen molar-refractivity contribution < 1.29 is 17.4 Å². The molecule has 4 unspecified atom stereocenters. The number of allylic oxidation sites excluding steroid dienone is 2. The van der Waals surface area contributed by atoms with E-state index in [0.29, 0.717) is 19.1 Å². The van der Waals surface area contributed by atoms with Crippen LogP contribution in [-0.4, -0.2) is 6.88 Å². The van der Waals surface area contributed by atoms with E-state index in [1.54, 1.807) is 27.8 Å². The van der Waals surface area contributed by atoms with Gasteiger partial charge in [0.25, 0.3) is 0 Å². The summed E-state index contributed by atoms with van der Waals surface area (Å²) in [6, 6.07) is 33.8. The fraction of sp³-hybridized carbons (Fsp3) is 0.429. The molecule has 0 aliphatic heterocycles. The van der Waals surface area contributed by atoms with Gasteiger partial charge in [0, 0.05) is 0 Å². The predicted octanol–water partition coefficient (Wildman–Crippen LogP) is 15.2. The van der Waals surface area contributed by atoms with Gasteiger partial charge in [-0.15, -0.1) is 24.8 Å². The standard InChI is InChI=1S/C26H31.C21H23.2CH3.2ClH.H2Si.Zr/c1-3-8-19(2)24-17-23-11-7-12-25(26(23)18-24)22-15-13-21(14-16-22)20-9-5-4-6-10-20;1-4-6-16(3)17-9-11-18(12-10-17)20-8-5-7-19-13-15(2)14-21(19)20;;;;;;/h7,11-20H,3-6,8-10H2,1-2H3;5,7-14,16H,4,6H2,1-3H3;2*1H3;2*1H;1H2;. The molecule has 1 saturated carbocycles. The number of hydrogen-bond acceptors (Lipinski definition) is 0. The Balaban J connectivity index is 0.00000271. The van der Waals surface area contributed by atoms with Gasteiger partial charge in [0.1, 0.15) is 0 Å². The van der Waals surface area contributed by atoms with Crippen molar-refractivity contribution in [2.75, 3.05) is 0 Å². The summed E-state index contributed by atoms with van der Waals surface area (Å²) in [6.45, 7) is 14.5. The van der Waals surface area contributed by atoms with Gasteiger partial charge < -0.3 is 0 Å². The molecule has 0 bridgehead atoms. The molecule has 1 fully saturated rings. The summed E-state index contributed by atoms with van der Waals surface area (Å²) in [5.74, 6) is 1.94. The molecule has 3 aliphatic carbocycles. The van der Waals surface area contributed by atoms with Crippen molar-refractivity contribution in [3.8, 4) is 22.3 Å². The minimum atomic E-state index is -3.72. The Morgan fingerprint density at radius 3 is 1.72 bits per heavy atom. The van der Waals surface area contributed by atoms with E-state index in [-0.39, 0.29) is 24.8 Å². The molecule has 7 rings (SSSR count). The maximum absolute atomic E-state index is 3.72. The van der Waals surface area contributed by atoms with Crippen molar-refractivity contribution in [1.82, 2.24) is 0 Å². The molecule has 0 amide bonds. The van der Waals surface area contributed by atoms with Crippen LogP contribution in [0.5, 0.6) is 0 Å². The van der Waals surface area contributed by atoms with Crippen LogP contribution in [0.15, 0.2) is 96.1 Å². The third kappa shape index (κ3) is 8.01. The maximum Gasteiger partial charge on any atom is -0.147 e. The van der Waals surface area contributed by atoms with Crippen LogP contribution in [0.3, 0.4) is 0 Å². The molecule has 0 spiro atoms. The van der Waals surface area contributed by atoms with Crippen LogP contribution in [0.4, 0.5) is 0 Å². The van der Waals surface area contributed by atoms with Gasteiger partial charge in [-0.3, -0.25) is 0 Å². The molecule has 4 heteroatoms. The van der Waals surface area contributed by atoms with Gasteiger partial charge in [0.15, 0.2) is 0 Å². The van der Waals surface area contributed by atoms with Gasteiger partial charge in [-0.05, 0) is 0 Å². The van der Waals surface area contributed by atoms with Crippen molar-refractivity contribution in [2.24, 2.45) is 5.92 Å². The van der Waals surface area contributed by atoms with Crippen LogP contribution in [0, 0.1) is 5.92 Å². The zero-order valence-corrected chi connectivity index (χ0v) is 39.0. The summed E-state index contributed by atoms with van der Waals surface area (Å²) in [6.07, 6.45) is 17.1. The van der Waals surface area contributed by atoms with Crippen molar-refractivity contribution in [3.63, 3.8) is 0 Å². The number of halogens is 2. The van der Waals surface area contributed by atoms with Crippen LogP contribution in [0.25, 0.3) is 34.4 Å². The topological polar surface area (TPSA) is 0 Å². The molecular weight excluding hydrogens is 779 g/mol. The molecule has 4 atom stereocenters. The Morgan fingerprint density at radius 2 is 1.15 bits per heavy atom. The van der Waals surface area contributed by atoms with E-state index in [4.69, 9.17) is 0 Å². The third-order valence-corrected chi connectivity index (χ3v) is 31.0. The first-order valence-electron chi connectivity index (χ1n) is 20.4. The second-order valence-electron chi connectivity index (χ2n) is 17.9. The summed E-state index contributed by atoms with van der Waals surface area (Å²) < 4.78 is 6.68. The molecular formula is C49H64Cl2SiZr. The third-order valence-electron chi connectivity index (χ3n) is 13.4. The van der Waals surface area contributed by atoms with E-state index in [1.807, 2.05) is 0 Å². The SMILES string of the molecule is CCCC(C)C1=Cc2c(-c3ccc(C4CCCCC4)cc3)cccc2[CH]1[Zr]([CH3])([CH3])(=[SiH2])[CH]1C(C)=Cc2c(-c3ccc(C(C)CCC)cc3)cccc21.Cl.Cl. The largest absolute Gasteiger partial charge is 0.147 e. The average molecular weight is 843 g/mol. The van der Waals surface area contributed by atoms with Crippen LogP contribution in [0.2, 0.25) is 9.26 Å². The van der Waals surface area contributed by atoms with Gasteiger partial charge in [0.2, 0.25) is 0 Å². The monoisotopic (exact) mass is 840 g/mol. The predicted molar refractivity (Wildman–Crippen MR) is 239 cm³/mol. The molecule has 0 radical (unpaired) electrons. The van der Waals surface area contributed by atoms with Crippen molar-refractivity contribution in [3.05, 3.63) is 129 Å². The minimum Gasteiger partial charge on any atom is -0.147 e. The molecule has 3 aliphatic rings. The van der Waals surface area contributed by atoms with Gasteiger partial charge in [0.05, 0.1) is 0 Å². The van der Waals surface area contributed by atoms with E-state index in [0.717, 1.165) is 5.92 Å². The number of benzene rings is 4. The quantitative estimate of drug-likeness (QED) is 0.132. The van der Waals surface area contributed by atoms with Crippen molar-refractivity contribution in [1.29, 1.82) is 0 Å². The van der Waals surface area contributed by atoms with E-state index in [2.05, 4.69) is 148 Å². The van der Waals surface area contributed by atoms with E-state index >= 15 is 0 Å². The first-order valence-corrected chi connectivity index (χ1v) is 34.1. The summed E-state index contributed by atoms with van der Waals surface area (Å²) in [4.78, 5) is 0. The Morgan fingerprint density at radius 1 is 0.642 bits per heavy atom. The summed E-state index contributed by atoms with van der Waals surface area (Å²) >= 11 is -3.72. The number of rotatable bonds is 11. The second kappa shape index (κ2) is 17.0. The summed E-state index contributed by atoms with van der Waals surface area (Å²) in [7, 11) is 0. The minimum absolute atomic E-state index is 0. The molecule has 282 valence electrons. The smallest absolute Gasteiger partial charge is 0.147 e. The second-order valence-corrected chi connectivity index (χ2v) is 48.4. The molecule has 4 aromatic rings. The Labute approximate surface area is 337 Å². The van der Waals surface area contributed by atoms with E-state index in [9.17, 15) is 0 Å². The Bertz CT molecular complexity index is 2020. The first kappa shape index (κ1) is 42.2. The molecule has 0 N–H and O–H groups in total. The van der Waals surface area contributed by atoms with Gasteiger partial charge in [-0.2, -0.15) is 0 Å². The molecule has 0 saturated heterocycles. The fourth-order valence-corrected chi connectivity index (χ4v) is 31.4. The first-order chi connectivity index (χ1) is 24.5. The van der Waals surface area contributed by atoms with E-state index in [1.165, 1.54) is 96.7 Å². The average Bonchev–Trinajstić information content (AvgIpc) is 3.72. The summed E-state index contributed by atoms with van der Waals surface area (Å²) in [5, 5.41) is 0. The van der Waals surface area contributed by atoms with Crippen LogP contribution in [0.1, 0.15) is 145 Å². The molecule has 0 nitrogen and oxygen atoms in total. The van der Waals surface area contributed by atoms with Gasteiger partial charge >= 0.3 is 315 Å². The number of hydrogen-bond donors (Lipinski definition) is 0. The fourth-order valence-electron chi connectivity index (χ4n) is 11.0. The normalized spacial score (nSPS) is 19.6. The van der Waals surface area contributed by atoms with Gasteiger partial charge in [-0.25, -0.2) is 0 Å². The number of fused-ring (bicyclic) bond motifs is 2. The van der Waals surface area contributed by atoms with Crippen LogP contribution >= 0.6 is 24.8 Å². The molecule has 53 heavy (non-hydrogen) atoms. The Hall–Kier alpha value is -1.96. The van der Waals surface area contributed by atoms with Gasteiger partial charge in [-0.1, -0.05) is 0 Å². The molecule has 0 heterocycles. The van der Waals surface area contributed by atoms with Crippen LogP contribution in [-0.2, 0) is 17.4 Å². The van der Waals surface area contributed by atoms with Crippen molar-refractivity contribution >= 4 is 43.8 Å². The zero-order valence-electron chi connectivity index (χ0n) is 33.5. The zero-order chi connectivity index (χ0) is 35.9. The molecule has 4 aromatic carbocycles. The van der Waals surface area contributed by atoms with E-state index < -0.39 is 17.4 Å². The molecule has 0 aromatic heterocycles. The van der Waals surface area contributed by atoms with Crippen LogP contribution < -0.4 is 0 Å².